The van der Waals surface area contributed by atoms with Crippen molar-refractivity contribution >= 4 is 51.9 Å². The first-order chi connectivity index (χ1) is 9.04. The monoisotopic (exact) mass is 404 g/mol. The Morgan fingerprint density at radius 3 is 2.37 bits per heavy atom. The van der Waals surface area contributed by atoms with Crippen LogP contribution in [0.1, 0.15) is 5.56 Å². The molecule has 0 aliphatic heterocycles. The largest absolute Gasteiger partial charge is 0.481 e. The van der Waals surface area contributed by atoms with Crippen LogP contribution >= 0.6 is 46.0 Å². The van der Waals surface area contributed by atoms with Gasteiger partial charge in [0.1, 0.15) is 0 Å². The van der Waals surface area contributed by atoms with E-state index in [1.54, 1.807) is 11.8 Å². The molecular weight excluding hydrogens is 395 g/mol. The van der Waals surface area contributed by atoms with Gasteiger partial charge in [0.2, 0.25) is 0 Å². The summed E-state index contributed by atoms with van der Waals surface area (Å²) >= 11 is 9.81. The Balaban J connectivity index is 2.10. The first kappa shape index (κ1) is 14.7. The predicted octanol–water partition coefficient (Wildman–Crippen LogP) is 4.72. The minimum atomic E-state index is -0.812. The minimum absolute atomic E-state index is 0.0593. The van der Waals surface area contributed by atoms with Gasteiger partial charge >= 0.3 is 5.97 Å². The number of carboxylic acid groups (broad SMARTS) is 1. The van der Waals surface area contributed by atoms with Crippen LogP contribution in [-0.4, -0.2) is 11.1 Å². The molecule has 2 aromatic rings. The van der Waals surface area contributed by atoms with Gasteiger partial charge in [0.05, 0.1) is 11.4 Å². The Hall–Kier alpha value is -0.720. The zero-order valence-electron chi connectivity index (χ0n) is 9.77. The van der Waals surface area contributed by atoms with Crippen molar-refractivity contribution in [1.82, 2.24) is 0 Å². The topological polar surface area (TPSA) is 37.3 Å². The summed E-state index contributed by atoms with van der Waals surface area (Å²) in [5.41, 5.74) is 0.808. The van der Waals surface area contributed by atoms with E-state index in [9.17, 15) is 4.79 Å². The maximum Gasteiger partial charge on any atom is 0.307 e. The summed E-state index contributed by atoms with van der Waals surface area (Å²) in [6, 6.07) is 13.4. The summed E-state index contributed by atoms with van der Waals surface area (Å²) in [6.45, 7) is 0. The molecule has 2 aromatic carbocycles. The highest BCUT2D eigenvalue weighted by molar-refractivity contribution is 14.1. The van der Waals surface area contributed by atoms with E-state index in [4.69, 9.17) is 16.7 Å². The van der Waals surface area contributed by atoms with Gasteiger partial charge < -0.3 is 5.11 Å². The molecule has 0 fully saturated rings. The number of halogens is 2. The van der Waals surface area contributed by atoms with E-state index in [0.29, 0.717) is 0 Å². The van der Waals surface area contributed by atoms with E-state index in [0.717, 1.165) is 23.9 Å². The molecule has 0 unspecified atom stereocenters. The van der Waals surface area contributed by atoms with Crippen molar-refractivity contribution in [2.24, 2.45) is 0 Å². The summed E-state index contributed by atoms with van der Waals surface area (Å²) < 4.78 is 1.02. The number of hydrogen-bond donors (Lipinski definition) is 1. The van der Waals surface area contributed by atoms with E-state index < -0.39 is 5.97 Å². The van der Waals surface area contributed by atoms with Crippen molar-refractivity contribution in [3.63, 3.8) is 0 Å². The third-order valence-electron chi connectivity index (χ3n) is 2.41. The fourth-order valence-electron chi connectivity index (χ4n) is 1.53. The molecule has 2 rings (SSSR count). The molecule has 0 aromatic heterocycles. The number of carboxylic acids is 1. The zero-order valence-corrected chi connectivity index (χ0v) is 13.5. The summed E-state index contributed by atoms with van der Waals surface area (Å²) in [5, 5.41) is 9.46. The molecule has 0 spiro atoms. The average Bonchev–Trinajstić information content (AvgIpc) is 2.36. The minimum Gasteiger partial charge on any atom is -0.481 e. The van der Waals surface area contributed by atoms with E-state index in [2.05, 4.69) is 22.6 Å². The van der Waals surface area contributed by atoms with Crippen LogP contribution in [0, 0.1) is 3.57 Å². The van der Waals surface area contributed by atoms with Crippen LogP contribution in [0.5, 0.6) is 0 Å². The first-order valence-electron chi connectivity index (χ1n) is 5.48. The van der Waals surface area contributed by atoms with E-state index >= 15 is 0 Å². The highest BCUT2D eigenvalue weighted by atomic mass is 127. The van der Waals surface area contributed by atoms with Crippen molar-refractivity contribution < 1.29 is 9.90 Å². The van der Waals surface area contributed by atoms with Crippen molar-refractivity contribution in [2.45, 2.75) is 16.2 Å². The number of hydrogen-bond acceptors (Lipinski definition) is 2. The van der Waals surface area contributed by atoms with Crippen LogP contribution in [0.25, 0.3) is 0 Å². The molecule has 0 aliphatic carbocycles. The van der Waals surface area contributed by atoms with Crippen molar-refractivity contribution in [3.05, 3.63) is 56.6 Å². The smallest absolute Gasteiger partial charge is 0.307 e. The normalized spacial score (nSPS) is 10.4. The van der Waals surface area contributed by atoms with Crippen LogP contribution < -0.4 is 0 Å². The lowest BCUT2D eigenvalue weighted by Crippen LogP contribution is -1.99. The molecule has 0 radical (unpaired) electrons. The Morgan fingerprint density at radius 2 is 1.79 bits per heavy atom. The Bertz CT molecular complexity index is 599. The summed E-state index contributed by atoms with van der Waals surface area (Å²) in [4.78, 5) is 12.8. The third-order valence-corrected chi connectivity index (χ3v) is 4.94. The molecule has 0 atom stereocenters. The van der Waals surface area contributed by atoms with Gasteiger partial charge in [-0.1, -0.05) is 35.5 Å². The standard InChI is InChI=1S/C14H10ClIO2S/c15-12-6-5-11(8-13(12)16)19-10-3-1-9(2-4-10)7-14(17)18/h1-6,8H,7H2,(H,17,18). The van der Waals surface area contributed by atoms with Crippen LogP contribution in [0.3, 0.4) is 0 Å². The highest BCUT2D eigenvalue weighted by Crippen LogP contribution is 2.31. The summed E-state index contributed by atoms with van der Waals surface area (Å²) in [5.74, 6) is -0.812. The molecule has 0 aliphatic rings. The Labute approximate surface area is 134 Å². The van der Waals surface area contributed by atoms with Crippen LogP contribution in [0.15, 0.2) is 52.3 Å². The van der Waals surface area contributed by atoms with Crippen molar-refractivity contribution in [3.8, 4) is 0 Å². The summed E-state index contributed by atoms with van der Waals surface area (Å²) in [7, 11) is 0. The molecule has 0 bridgehead atoms. The fourth-order valence-corrected chi connectivity index (χ4v) is 3.23. The zero-order chi connectivity index (χ0) is 13.8. The second-order valence-corrected chi connectivity index (χ2v) is 6.61. The van der Waals surface area contributed by atoms with Gasteiger partial charge in [-0.05, 0) is 58.5 Å². The second kappa shape index (κ2) is 6.63. The van der Waals surface area contributed by atoms with Gasteiger partial charge in [-0.25, -0.2) is 0 Å². The molecule has 19 heavy (non-hydrogen) atoms. The number of aliphatic carboxylic acids is 1. The van der Waals surface area contributed by atoms with Crippen LogP contribution in [0.4, 0.5) is 0 Å². The van der Waals surface area contributed by atoms with Gasteiger partial charge in [0.15, 0.2) is 0 Å². The second-order valence-electron chi connectivity index (χ2n) is 3.89. The predicted molar refractivity (Wildman–Crippen MR) is 86.1 cm³/mol. The lowest BCUT2D eigenvalue weighted by atomic mass is 10.2. The van der Waals surface area contributed by atoms with E-state index in [-0.39, 0.29) is 6.42 Å². The number of rotatable bonds is 4. The third kappa shape index (κ3) is 4.40. The van der Waals surface area contributed by atoms with Gasteiger partial charge in [0, 0.05) is 13.4 Å². The first-order valence-corrected chi connectivity index (χ1v) is 7.75. The van der Waals surface area contributed by atoms with Gasteiger partial charge in [-0.15, -0.1) is 0 Å². The van der Waals surface area contributed by atoms with Crippen molar-refractivity contribution in [1.29, 1.82) is 0 Å². The van der Waals surface area contributed by atoms with E-state index in [1.165, 1.54) is 0 Å². The van der Waals surface area contributed by atoms with Gasteiger partial charge in [0.25, 0.3) is 0 Å². The average molecular weight is 405 g/mol. The molecule has 2 nitrogen and oxygen atoms in total. The van der Waals surface area contributed by atoms with Crippen LogP contribution in [0.2, 0.25) is 5.02 Å². The van der Waals surface area contributed by atoms with Gasteiger partial charge in [-0.3, -0.25) is 4.79 Å². The Morgan fingerprint density at radius 1 is 1.16 bits per heavy atom. The van der Waals surface area contributed by atoms with Gasteiger partial charge in [-0.2, -0.15) is 0 Å². The van der Waals surface area contributed by atoms with Crippen molar-refractivity contribution in [2.75, 3.05) is 0 Å². The Kier molecular flexibility index (Phi) is 5.13. The van der Waals surface area contributed by atoms with E-state index in [1.807, 2.05) is 42.5 Å². The highest BCUT2D eigenvalue weighted by Gasteiger charge is 2.03. The van der Waals surface area contributed by atoms with Crippen LogP contribution in [-0.2, 0) is 11.2 Å². The summed E-state index contributed by atoms with van der Waals surface area (Å²) in [6.07, 6.45) is 0.0593. The maximum atomic E-state index is 10.6. The number of benzene rings is 2. The lowest BCUT2D eigenvalue weighted by Gasteiger charge is -2.04. The fraction of sp³-hybridized carbons (Fsp3) is 0.0714. The molecule has 1 N–H and O–H groups in total. The molecule has 98 valence electrons. The number of carbonyl (C=O) groups is 1. The molecule has 0 saturated carbocycles. The SMILES string of the molecule is O=C(O)Cc1ccc(Sc2ccc(Cl)c(I)c2)cc1. The quantitative estimate of drug-likeness (QED) is 0.749. The molecule has 5 heteroatoms. The maximum absolute atomic E-state index is 10.6. The molecule has 0 heterocycles. The molecule has 0 amide bonds. The molecule has 0 saturated heterocycles. The molecular formula is C14H10ClIO2S. The lowest BCUT2D eigenvalue weighted by molar-refractivity contribution is -0.136.